The Kier molecular flexibility index (Phi) is 3.75. The molecule has 1 aliphatic carbocycles. The van der Waals surface area contributed by atoms with E-state index in [1.807, 2.05) is 29.8 Å². The first kappa shape index (κ1) is 15.8. The maximum Gasteiger partial charge on any atom is 0.179 e. The predicted octanol–water partition coefficient (Wildman–Crippen LogP) is 4.38. The van der Waals surface area contributed by atoms with Crippen molar-refractivity contribution in [1.82, 2.24) is 4.57 Å². The number of carbonyl (C=O) groups is 1. The Morgan fingerprint density at radius 2 is 1.64 bits per heavy atom. The molecule has 0 unspecified atom stereocenters. The molecule has 0 N–H and O–H groups in total. The van der Waals surface area contributed by atoms with Crippen LogP contribution in [0.3, 0.4) is 0 Å². The van der Waals surface area contributed by atoms with Gasteiger partial charge in [0, 0.05) is 24.4 Å². The molecule has 0 fully saturated rings. The Balaban J connectivity index is 1.89. The highest BCUT2D eigenvalue weighted by molar-refractivity contribution is 6.04. The number of hydrogen-bond acceptors (Lipinski definition) is 3. The van der Waals surface area contributed by atoms with Gasteiger partial charge in [0.15, 0.2) is 17.3 Å². The minimum atomic E-state index is 0.257. The average Bonchev–Trinajstić information content (AvgIpc) is 2.94. The van der Waals surface area contributed by atoms with Crippen LogP contribution in [-0.4, -0.2) is 24.6 Å². The van der Waals surface area contributed by atoms with E-state index in [2.05, 4.69) is 18.2 Å². The summed E-state index contributed by atoms with van der Waals surface area (Å²) in [6, 6.07) is 12.3. The molecular weight excluding hydrogens is 314 g/mol. The van der Waals surface area contributed by atoms with Crippen LogP contribution in [-0.2, 0) is 13.5 Å². The van der Waals surface area contributed by atoms with Crippen molar-refractivity contribution in [2.45, 2.75) is 19.3 Å². The van der Waals surface area contributed by atoms with Gasteiger partial charge in [-0.3, -0.25) is 4.79 Å². The molecule has 0 saturated carbocycles. The number of methoxy groups -OCH3 is 2. The lowest BCUT2D eigenvalue weighted by Crippen LogP contribution is -2.13. The smallest absolute Gasteiger partial charge is 0.179 e. The van der Waals surface area contributed by atoms with Crippen molar-refractivity contribution < 1.29 is 14.3 Å². The van der Waals surface area contributed by atoms with Gasteiger partial charge in [-0.15, -0.1) is 0 Å². The lowest BCUT2D eigenvalue weighted by Gasteiger charge is -2.12. The summed E-state index contributed by atoms with van der Waals surface area (Å²) in [5, 5.41) is 1.18. The van der Waals surface area contributed by atoms with E-state index in [4.69, 9.17) is 9.47 Å². The molecule has 1 aliphatic rings. The fourth-order valence-corrected chi connectivity index (χ4v) is 3.87. The standard InChI is InChI=1S/C21H21NO3/c1-22-17-9-7-13(14-8-10-19(24-2)20(12-14)25-3)11-16(17)15-5-4-6-18(23)21(15)22/h7-12H,4-6H2,1-3H3. The van der Waals surface area contributed by atoms with Gasteiger partial charge in [0.05, 0.1) is 19.9 Å². The molecule has 2 aromatic carbocycles. The van der Waals surface area contributed by atoms with Gasteiger partial charge in [0.2, 0.25) is 0 Å². The van der Waals surface area contributed by atoms with E-state index < -0.39 is 0 Å². The molecule has 0 saturated heterocycles. The number of fused-ring (bicyclic) bond motifs is 3. The average molecular weight is 335 g/mol. The lowest BCUT2D eigenvalue weighted by molar-refractivity contribution is 0.0965. The minimum absolute atomic E-state index is 0.257. The van der Waals surface area contributed by atoms with Gasteiger partial charge in [-0.05, 0) is 53.8 Å². The maximum absolute atomic E-state index is 12.3. The fourth-order valence-electron chi connectivity index (χ4n) is 3.87. The van der Waals surface area contributed by atoms with Crippen molar-refractivity contribution in [3.63, 3.8) is 0 Å². The summed E-state index contributed by atoms with van der Waals surface area (Å²) in [4.78, 5) is 12.3. The summed E-state index contributed by atoms with van der Waals surface area (Å²) in [5.41, 5.74) is 5.37. The molecule has 0 aliphatic heterocycles. The van der Waals surface area contributed by atoms with E-state index in [9.17, 15) is 4.79 Å². The summed E-state index contributed by atoms with van der Waals surface area (Å²) in [6.45, 7) is 0. The summed E-state index contributed by atoms with van der Waals surface area (Å²) in [5.74, 6) is 1.69. The first-order valence-electron chi connectivity index (χ1n) is 8.51. The SMILES string of the molecule is COc1ccc(-c2ccc3c(c2)c2c(n3C)C(=O)CCC2)cc1OC. The van der Waals surface area contributed by atoms with Crippen LogP contribution in [0.5, 0.6) is 11.5 Å². The molecular formula is C21H21NO3. The fraction of sp³-hybridized carbons (Fsp3) is 0.286. The van der Waals surface area contributed by atoms with Crippen molar-refractivity contribution in [3.05, 3.63) is 47.7 Å². The second-order valence-corrected chi connectivity index (χ2v) is 6.46. The van der Waals surface area contributed by atoms with Crippen LogP contribution in [0, 0.1) is 0 Å². The monoisotopic (exact) mass is 335 g/mol. The Morgan fingerprint density at radius 1 is 0.920 bits per heavy atom. The van der Waals surface area contributed by atoms with E-state index in [1.165, 1.54) is 10.9 Å². The number of aromatic nitrogens is 1. The zero-order valence-electron chi connectivity index (χ0n) is 14.8. The quantitative estimate of drug-likeness (QED) is 0.713. The molecule has 0 radical (unpaired) electrons. The normalized spacial score (nSPS) is 13.8. The third kappa shape index (κ3) is 2.40. The second kappa shape index (κ2) is 5.96. The zero-order chi connectivity index (χ0) is 17.6. The molecule has 0 amide bonds. The first-order chi connectivity index (χ1) is 12.1. The number of rotatable bonds is 3. The summed E-state index contributed by atoms with van der Waals surface area (Å²) in [7, 11) is 5.27. The van der Waals surface area contributed by atoms with Gasteiger partial charge in [-0.1, -0.05) is 12.1 Å². The van der Waals surface area contributed by atoms with Crippen molar-refractivity contribution in [2.24, 2.45) is 7.05 Å². The minimum Gasteiger partial charge on any atom is -0.493 e. The Bertz CT molecular complexity index is 984. The Morgan fingerprint density at radius 3 is 2.40 bits per heavy atom. The van der Waals surface area contributed by atoms with E-state index in [0.29, 0.717) is 12.2 Å². The highest BCUT2D eigenvalue weighted by atomic mass is 16.5. The third-order valence-electron chi connectivity index (χ3n) is 5.12. The van der Waals surface area contributed by atoms with E-state index >= 15 is 0 Å². The van der Waals surface area contributed by atoms with E-state index in [0.717, 1.165) is 40.9 Å². The van der Waals surface area contributed by atoms with Gasteiger partial charge >= 0.3 is 0 Å². The number of hydrogen-bond donors (Lipinski definition) is 0. The van der Waals surface area contributed by atoms with Crippen LogP contribution in [0.1, 0.15) is 28.9 Å². The van der Waals surface area contributed by atoms with Gasteiger partial charge in [0.1, 0.15) is 0 Å². The molecule has 0 spiro atoms. The topological polar surface area (TPSA) is 40.5 Å². The van der Waals surface area contributed by atoms with Gasteiger partial charge < -0.3 is 14.0 Å². The zero-order valence-corrected chi connectivity index (χ0v) is 14.8. The summed E-state index contributed by atoms with van der Waals surface area (Å²) in [6.07, 6.45) is 2.55. The molecule has 1 aromatic heterocycles. The summed E-state index contributed by atoms with van der Waals surface area (Å²) >= 11 is 0. The highest BCUT2D eigenvalue weighted by Crippen LogP contribution is 2.36. The van der Waals surface area contributed by atoms with E-state index in [1.54, 1.807) is 14.2 Å². The van der Waals surface area contributed by atoms with Crippen LogP contribution >= 0.6 is 0 Å². The van der Waals surface area contributed by atoms with Crippen LogP contribution in [0.25, 0.3) is 22.0 Å². The highest BCUT2D eigenvalue weighted by Gasteiger charge is 2.24. The molecule has 4 rings (SSSR count). The Hall–Kier alpha value is -2.75. The van der Waals surface area contributed by atoms with Crippen molar-refractivity contribution in [1.29, 1.82) is 0 Å². The maximum atomic E-state index is 12.3. The van der Waals surface area contributed by atoms with Gasteiger partial charge in [-0.25, -0.2) is 0 Å². The number of aryl methyl sites for hydroxylation is 2. The number of benzene rings is 2. The van der Waals surface area contributed by atoms with Gasteiger partial charge in [0.25, 0.3) is 0 Å². The lowest BCUT2D eigenvalue weighted by atomic mass is 9.93. The molecule has 3 aromatic rings. The number of ether oxygens (including phenoxy) is 2. The molecule has 1 heterocycles. The third-order valence-corrected chi connectivity index (χ3v) is 5.12. The van der Waals surface area contributed by atoms with E-state index in [-0.39, 0.29) is 5.78 Å². The second-order valence-electron chi connectivity index (χ2n) is 6.46. The number of Topliss-reactive ketones (excluding diaryl/α,β-unsaturated/α-hetero) is 1. The molecule has 0 bridgehead atoms. The van der Waals surface area contributed by atoms with Crippen LogP contribution in [0.2, 0.25) is 0 Å². The molecule has 4 heteroatoms. The molecule has 25 heavy (non-hydrogen) atoms. The van der Waals surface area contributed by atoms with Crippen LogP contribution in [0.15, 0.2) is 36.4 Å². The molecule has 4 nitrogen and oxygen atoms in total. The summed E-state index contributed by atoms with van der Waals surface area (Å²) < 4.78 is 12.8. The Labute approximate surface area is 147 Å². The molecule has 128 valence electrons. The number of nitrogens with zero attached hydrogens (tertiary/aromatic N) is 1. The van der Waals surface area contributed by atoms with Gasteiger partial charge in [-0.2, -0.15) is 0 Å². The largest absolute Gasteiger partial charge is 0.493 e. The first-order valence-corrected chi connectivity index (χ1v) is 8.51. The van der Waals surface area contributed by atoms with Crippen molar-refractivity contribution >= 4 is 16.7 Å². The number of carbonyl (C=O) groups excluding carboxylic acids is 1. The van der Waals surface area contributed by atoms with Crippen molar-refractivity contribution in [2.75, 3.05) is 14.2 Å². The molecule has 0 atom stereocenters. The van der Waals surface area contributed by atoms with Crippen molar-refractivity contribution in [3.8, 4) is 22.6 Å². The predicted molar refractivity (Wildman–Crippen MR) is 98.7 cm³/mol. The number of ketones is 1. The van der Waals surface area contributed by atoms with Crippen LogP contribution < -0.4 is 9.47 Å². The van der Waals surface area contributed by atoms with Crippen LogP contribution in [0.4, 0.5) is 0 Å².